The molecule has 116 valence electrons. The van der Waals surface area contributed by atoms with Crippen LogP contribution in [0.25, 0.3) is 0 Å². The number of esters is 1. The van der Waals surface area contributed by atoms with E-state index in [9.17, 15) is 14.0 Å². The molecule has 0 N–H and O–H groups in total. The van der Waals surface area contributed by atoms with Crippen LogP contribution in [0.1, 0.15) is 22.4 Å². The summed E-state index contributed by atoms with van der Waals surface area (Å²) in [6.07, 6.45) is 0. The Morgan fingerprint density at radius 3 is 2.55 bits per heavy atom. The maximum Gasteiger partial charge on any atom is 0.326 e. The van der Waals surface area contributed by atoms with Gasteiger partial charge in [0.2, 0.25) is 0 Å². The fourth-order valence-electron chi connectivity index (χ4n) is 1.84. The lowest BCUT2D eigenvalue weighted by atomic mass is 10.2. The number of amides is 1. The lowest BCUT2D eigenvalue weighted by Gasteiger charge is -2.21. The minimum absolute atomic E-state index is 0.222. The molecular weight excluding hydrogens is 307 g/mol. The Kier molecular flexibility index (Phi) is 5.21. The monoisotopic (exact) mass is 322 g/mol. The third-order valence-electron chi connectivity index (χ3n) is 2.81. The molecule has 0 radical (unpaired) electrons. The number of carbonyl (C=O) groups excluding carboxylic acids is 2. The summed E-state index contributed by atoms with van der Waals surface area (Å²) in [6, 6.07) is 5.33. The van der Waals surface area contributed by atoms with Crippen molar-refractivity contribution >= 4 is 28.9 Å². The van der Waals surface area contributed by atoms with Gasteiger partial charge in [0.25, 0.3) is 5.91 Å². The van der Waals surface area contributed by atoms with E-state index in [1.165, 1.54) is 40.5 Å². The number of carbonyl (C=O) groups is 2. The smallest absolute Gasteiger partial charge is 0.326 e. The van der Waals surface area contributed by atoms with E-state index in [1.807, 2.05) is 0 Å². The molecule has 0 saturated heterocycles. The van der Waals surface area contributed by atoms with Crippen LogP contribution in [0.2, 0.25) is 0 Å². The van der Waals surface area contributed by atoms with Gasteiger partial charge in [0, 0.05) is 11.1 Å². The standard InChI is InChI=1S/C15H15FN2O3S/c1-3-21-14(19)8-18(12-6-4-11(16)5-7-12)15(20)13-9-22-10(2)17-13/h4-7,9H,3,8H2,1-2H3. The van der Waals surface area contributed by atoms with Gasteiger partial charge < -0.3 is 4.74 Å². The molecule has 5 nitrogen and oxygen atoms in total. The summed E-state index contributed by atoms with van der Waals surface area (Å²) in [5.74, 6) is -1.38. The van der Waals surface area contributed by atoms with Crippen molar-refractivity contribution in [1.29, 1.82) is 0 Å². The molecule has 1 amide bonds. The molecule has 0 unspecified atom stereocenters. The summed E-state index contributed by atoms with van der Waals surface area (Å²) in [5, 5.41) is 2.37. The second-order valence-corrected chi connectivity index (χ2v) is 5.49. The molecule has 0 atom stereocenters. The van der Waals surface area contributed by atoms with Crippen molar-refractivity contribution in [3.8, 4) is 0 Å². The topological polar surface area (TPSA) is 59.5 Å². The molecule has 0 fully saturated rings. The zero-order valence-corrected chi connectivity index (χ0v) is 13.0. The van der Waals surface area contributed by atoms with Gasteiger partial charge in [0.1, 0.15) is 18.1 Å². The van der Waals surface area contributed by atoms with Crippen molar-refractivity contribution in [2.75, 3.05) is 18.1 Å². The number of benzene rings is 1. The van der Waals surface area contributed by atoms with Crippen molar-refractivity contribution in [3.63, 3.8) is 0 Å². The zero-order chi connectivity index (χ0) is 16.1. The Morgan fingerprint density at radius 1 is 1.32 bits per heavy atom. The summed E-state index contributed by atoms with van der Waals surface area (Å²) in [6.45, 7) is 3.44. The highest BCUT2D eigenvalue weighted by Gasteiger charge is 2.23. The van der Waals surface area contributed by atoms with E-state index in [0.29, 0.717) is 5.69 Å². The number of anilines is 1. The summed E-state index contributed by atoms with van der Waals surface area (Å²) in [5.41, 5.74) is 0.654. The maximum absolute atomic E-state index is 13.1. The highest BCUT2D eigenvalue weighted by Crippen LogP contribution is 2.19. The fraction of sp³-hybridized carbons (Fsp3) is 0.267. The van der Waals surface area contributed by atoms with Crippen molar-refractivity contribution in [3.05, 3.63) is 46.2 Å². The molecule has 7 heteroatoms. The van der Waals surface area contributed by atoms with Crippen LogP contribution in [-0.4, -0.2) is 30.0 Å². The first-order valence-electron chi connectivity index (χ1n) is 6.66. The van der Waals surface area contributed by atoms with Gasteiger partial charge in [0.15, 0.2) is 0 Å². The average molecular weight is 322 g/mol. The van der Waals surface area contributed by atoms with E-state index in [2.05, 4.69) is 4.98 Å². The minimum atomic E-state index is -0.535. The van der Waals surface area contributed by atoms with Crippen molar-refractivity contribution in [2.24, 2.45) is 0 Å². The van der Waals surface area contributed by atoms with E-state index in [0.717, 1.165) is 5.01 Å². The van der Waals surface area contributed by atoms with Crippen LogP contribution >= 0.6 is 11.3 Å². The molecule has 2 rings (SSSR count). The summed E-state index contributed by atoms with van der Waals surface area (Å²) >= 11 is 1.34. The molecule has 1 heterocycles. The number of hydrogen-bond acceptors (Lipinski definition) is 5. The van der Waals surface area contributed by atoms with E-state index >= 15 is 0 Å². The largest absolute Gasteiger partial charge is 0.465 e. The molecule has 1 aromatic carbocycles. The summed E-state index contributed by atoms with van der Waals surface area (Å²) < 4.78 is 17.9. The second-order valence-electron chi connectivity index (χ2n) is 4.42. The van der Waals surface area contributed by atoms with Crippen molar-refractivity contribution in [1.82, 2.24) is 4.98 Å². The number of nitrogens with zero attached hydrogens (tertiary/aromatic N) is 2. The third-order valence-corrected chi connectivity index (χ3v) is 3.59. The van der Waals surface area contributed by atoms with Crippen LogP contribution < -0.4 is 4.90 Å². The molecule has 0 aliphatic heterocycles. The molecular formula is C15H15FN2O3S. The number of hydrogen-bond donors (Lipinski definition) is 0. The molecule has 0 aliphatic rings. The van der Waals surface area contributed by atoms with E-state index in [1.54, 1.807) is 19.2 Å². The minimum Gasteiger partial charge on any atom is -0.465 e. The van der Waals surface area contributed by atoms with E-state index in [-0.39, 0.29) is 18.8 Å². The average Bonchev–Trinajstić information content (AvgIpc) is 2.92. The van der Waals surface area contributed by atoms with E-state index in [4.69, 9.17) is 4.74 Å². The number of aromatic nitrogens is 1. The first-order valence-corrected chi connectivity index (χ1v) is 7.54. The first kappa shape index (κ1) is 16.1. The lowest BCUT2D eigenvalue weighted by Crippen LogP contribution is -2.36. The molecule has 22 heavy (non-hydrogen) atoms. The van der Waals surface area contributed by atoms with Crippen LogP contribution in [0.3, 0.4) is 0 Å². The molecule has 2 aromatic rings. The van der Waals surface area contributed by atoms with Crippen molar-refractivity contribution < 1.29 is 18.7 Å². The Labute approximate surface area is 131 Å². The quantitative estimate of drug-likeness (QED) is 0.794. The van der Waals surface area contributed by atoms with Gasteiger partial charge in [-0.05, 0) is 38.1 Å². The van der Waals surface area contributed by atoms with Crippen LogP contribution in [-0.2, 0) is 9.53 Å². The molecule has 0 bridgehead atoms. The SMILES string of the molecule is CCOC(=O)CN(C(=O)c1csc(C)n1)c1ccc(F)cc1. The summed E-state index contributed by atoms with van der Waals surface area (Å²) in [7, 11) is 0. The van der Waals surface area contributed by atoms with E-state index < -0.39 is 17.7 Å². The number of thiazole rings is 1. The van der Waals surface area contributed by atoms with Gasteiger partial charge >= 0.3 is 5.97 Å². The second kappa shape index (κ2) is 7.13. The van der Waals surface area contributed by atoms with Crippen LogP contribution in [0.4, 0.5) is 10.1 Å². The molecule has 0 spiro atoms. The number of ether oxygens (including phenoxy) is 1. The normalized spacial score (nSPS) is 10.3. The Morgan fingerprint density at radius 2 is 2.00 bits per heavy atom. The highest BCUT2D eigenvalue weighted by molar-refractivity contribution is 7.09. The Balaban J connectivity index is 2.30. The van der Waals surface area contributed by atoms with Gasteiger partial charge in [-0.3, -0.25) is 14.5 Å². The van der Waals surface area contributed by atoms with Crippen LogP contribution in [0.5, 0.6) is 0 Å². The Hall–Kier alpha value is -2.28. The molecule has 1 aromatic heterocycles. The van der Waals surface area contributed by atoms with Gasteiger partial charge in [-0.25, -0.2) is 9.37 Å². The maximum atomic E-state index is 13.1. The Bertz CT molecular complexity index is 670. The predicted molar refractivity (Wildman–Crippen MR) is 81.6 cm³/mol. The van der Waals surface area contributed by atoms with Crippen LogP contribution in [0, 0.1) is 12.7 Å². The van der Waals surface area contributed by atoms with Gasteiger partial charge in [-0.15, -0.1) is 11.3 Å². The van der Waals surface area contributed by atoms with Crippen LogP contribution in [0.15, 0.2) is 29.6 Å². The predicted octanol–water partition coefficient (Wildman–Crippen LogP) is 2.80. The zero-order valence-electron chi connectivity index (χ0n) is 12.2. The number of halogens is 1. The summed E-state index contributed by atoms with van der Waals surface area (Å²) in [4.78, 5) is 29.6. The molecule has 0 aliphatic carbocycles. The number of aryl methyl sites for hydroxylation is 1. The van der Waals surface area contributed by atoms with Gasteiger partial charge in [-0.1, -0.05) is 0 Å². The third kappa shape index (κ3) is 3.88. The van der Waals surface area contributed by atoms with Gasteiger partial charge in [0.05, 0.1) is 11.6 Å². The fourth-order valence-corrected chi connectivity index (χ4v) is 2.42. The number of rotatable bonds is 5. The van der Waals surface area contributed by atoms with Gasteiger partial charge in [-0.2, -0.15) is 0 Å². The first-order chi connectivity index (χ1) is 10.5. The lowest BCUT2D eigenvalue weighted by molar-refractivity contribution is -0.141. The highest BCUT2D eigenvalue weighted by atomic mass is 32.1. The molecule has 0 saturated carbocycles. The van der Waals surface area contributed by atoms with Crippen molar-refractivity contribution in [2.45, 2.75) is 13.8 Å².